The van der Waals surface area contributed by atoms with Crippen molar-refractivity contribution in [2.45, 2.75) is 58.8 Å². The monoisotopic (exact) mass is 890 g/mol. The zero-order valence-electron chi connectivity index (χ0n) is 34.0. The lowest BCUT2D eigenvalue weighted by Crippen LogP contribution is -2.39. The summed E-state index contributed by atoms with van der Waals surface area (Å²) in [7, 11) is 0. The van der Waals surface area contributed by atoms with Gasteiger partial charge in [-0.2, -0.15) is 0 Å². The topological polar surface area (TPSA) is 222 Å². The molecule has 2 unspecified atom stereocenters. The molecule has 59 heavy (non-hydrogen) atoms. The van der Waals surface area contributed by atoms with Crippen molar-refractivity contribution in [2.24, 2.45) is 11.8 Å². The summed E-state index contributed by atoms with van der Waals surface area (Å²) < 4.78 is 31.6. The predicted octanol–water partition coefficient (Wildman–Crippen LogP) is 0.628. The van der Waals surface area contributed by atoms with Gasteiger partial charge in [-0.25, -0.2) is 9.59 Å². The van der Waals surface area contributed by atoms with E-state index in [1.807, 2.05) is 0 Å². The van der Waals surface area contributed by atoms with Crippen molar-refractivity contribution >= 4 is 92.5 Å². The third-order valence-corrected chi connectivity index (χ3v) is 11.1. The normalized spacial score (nSPS) is 16.2. The number of ketones is 2. The van der Waals surface area contributed by atoms with E-state index in [-0.39, 0.29) is 140 Å². The van der Waals surface area contributed by atoms with Gasteiger partial charge in [0.25, 0.3) is 0 Å². The first-order chi connectivity index (χ1) is 28.2. The van der Waals surface area contributed by atoms with Crippen LogP contribution in [0.25, 0.3) is 0 Å². The van der Waals surface area contributed by atoms with E-state index in [4.69, 9.17) is 52.9 Å². The molecule has 1 aliphatic heterocycles. The third kappa shape index (κ3) is 24.4. The Bertz CT molecular complexity index is 1350. The fourth-order valence-corrected chi connectivity index (χ4v) is 7.76. The molecule has 332 valence electrons. The number of carbonyl (C=O) groups excluding carboxylic acids is 8. The van der Waals surface area contributed by atoms with Crippen molar-refractivity contribution in [2.75, 3.05) is 111 Å². The molecule has 0 aromatic heterocycles. The predicted molar refractivity (Wildman–Crippen MR) is 223 cm³/mol. The molecule has 0 radical (unpaired) electrons. The van der Waals surface area contributed by atoms with Crippen LogP contribution in [0.5, 0.6) is 0 Å². The number of hydrogen-bond acceptors (Lipinski definition) is 19. The molecule has 0 aromatic rings. The Balaban J connectivity index is 1.48. The van der Waals surface area contributed by atoms with Gasteiger partial charge in [-0.15, -0.1) is 11.8 Å². The molecule has 2 fully saturated rings. The standard InChI is InChI=1S/C38H58N4O14S3/c1-27(43)53-18-12-41(23-31(45)29-5-3-6-33(29)57)14-20-55-36(49)25-51-16-10-39-34(47)7-4-8-35(48)40-11-17-52-26-37(50)56-21-15-42(13-19-54-28(2)44)24-32(46)30-9-22-59-38(30)58/h29-30H,3-26H2,1-2H3,(H,39,47)(H,40,48). The number of Topliss-reactive ketones (excluding diaryl/α,β-unsaturated/α-hetero) is 2. The largest absolute Gasteiger partial charge is 0.465 e. The Hall–Kier alpha value is -3.47. The van der Waals surface area contributed by atoms with Crippen LogP contribution in [0.1, 0.15) is 58.8 Å². The number of nitrogens with zero attached hydrogens (tertiary/aromatic N) is 2. The molecule has 2 atom stereocenters. The average molecular weight is 891 g/mol. The van der Waals surface area contributed by atoms with Gasteiger partial charge in [-0.1, -0.05) is 24.4 Å². The molecule has 18 nitrogen and oxygen atoms in total. The first kappa shape index (κ1) is 51.7. The van der Waals surface area contributed by atoms with Crippen LogP contribution in [0.2, 0.25) is 0 Å². The number of carbonyl (C=O) groups is 8. The Morgan fingerprint density at radius 1 is 0.644 bits per heavy atom. The smallest absolute Gasteiger partial charge is 0.332 e. The van der Waals surface area contributed by atoms with Gasteiger partial charge in [-0.3, -0.25) is 38.6 Å². The number of rotatable bonds is 32. The molecular weight excluding hydrogens is 833 g/mol. The Morgan fingerprint density at radius 2 is 1.10 bits per heavy atom. The summed E-state index contributed by atoms with van der Waals surface area (Å²) in [6.07, 6.45) is 3.58. The van der Waals surface area contributed by atoms with E-state index in [0.29, 0.717) is 30.1 Å². The minimum atomic E-state index is -0.615. The first-order valence-electron chi connectivity index (χ1n) is 19.7. The van der Waals surface area contributed by atoms with Crippen LogP contribution in [0, 0.1) is 11.8 Å². The summed E-state index contributed by atoms with van der Waals surface area (Å²) in [6.45, 7) is 3.82. The molecule has 2 N–H and O–H groups in total. The van der Waals surface area contributed by atoms with E-state index in [1.54, 1.807) is 9.80 Å². The van der Waals surface area contributed by atoms with Gasteiger partial charge in [0.05, 0.1) is 42.3 Å². The quantitative estimate of drug-likeness (QED) is 0.0409. The van der Waals surface area contributed by atoms with Gasteiger partial charge in [0.2, 0.25) is 11.8 Å². The summed E-state index contributed by atoms with van der Waals surface area (Å²) in [5, 5.41) is 5.30. The Kier molecular flexibility index (Phi) is 26.7. The van der Waals surface area contributed by atoms with E-state index in [0.717, 1.165) is 29.9 Å². The van der Waals surface area contributed by atoms with Gasteiger partial charge >= 0.3 is 23.9 Å². The molecule has 2 amide bonds. The fourth-order valence-electron chi connectivity index (χ4n) is 5.87. The van der Waals surface area contributed by atoms with E-state index >= 15 is 0 Å². The Morgan fingerprint density at radius 3 is 1.51 bits per heavy atom. The molecule has 2 rings (SSSR count). The second kappa shape index (κ2) is 30.5. The highest BCUT2D eigenvalue weighted by atomic mass is 32.2. The number of thioether (sulfide) groups is 1. The molecule has 21 heteroatoms. The number of nitrogens with one attached hydrogen (secondary N) is 2. The number of esters is 4. The molecule has 0 aromatic carbocycles. The van der Waals surface area contributed by atoms with Crippen molar-refractivity contribution in [1.82, 2.24) is 20.4 Å². The van der Waals surface area contributed by atoms with Gasteiger partial charge < -0.3 is 39.1 Å². The second-order valence-corrected chi connectivity index (χ2v) is 16.0. The molecule has 0 spiro atoms. The number of amides is 2. The third-order valence-electron chi connectivity index (χ3n) is 8.93. The second-order valence-electron chi connectivity index (χ2n) is 13.7. The molecule has 1 aliphatic carbocycles. The van der Waals surface area contributed by atoms with Crippen LogP contribution < -0.4 is 10.6 Å². The van der Waals surface area contributed by atoms with Crippen LogP contribution >= 0.6 is 36.2 Å². The van der Waals surface area contributed by atoms with Crippen LogP contribution in [-0.4, -0.2) is 177 Å². The van der Waals surface area contributed by atoms with Crippen molar-refractivity contribution < 1.29 is 66.8 Å². The van der Waals surface area contributed by atoms with Crippen molar-refractivity contribution in [3.05, 3.63) is 0 Å². The lowest BCUT2D eigenvalue weighted by atomic mass is 10.0. The zero-order valence-corrected chi connectivity index (χ0v) is 36.4. The van der Waals surface area contributed by atoms with Gasteiger partial charge in [0.15, 0.2) is 11.6 Å². The highest BCUT2D eigenvalue weighted by molar-refractivity contribution is 8.23. The van der Waals surface area contributed by atoms with Crippen LogP contribution in [-0.2, 0) is 66.8 Å². The maximum absolute atomic E-state index is 12.7. The highest BCUT2D eigenvalue weighted by Gasteiger charge is 2.30. The average Bonchev–Trinajstić information content (AvgIpc) is 3.81. The molecule has 1 saturated carbocycles. The Labute approximate surface area is 360 Å². The van der Waals surface area contributed by atoms with E-state index in [1.165, 1.54) is 25.6 Å². The maximum Gasteiger partial charge on any atom is 0.332 e. The fraction of sp³-hybridized carbons (Fsp3) is 0.737. The van der Waals surface area contributed by atoms with Crippen LogP contribution in [0.15, 0.2) is 0 Å². The number of ether oxygens (including phenoxy) is 6. The van der Waals surface area contributed by atoms with Crippen molar-refractivity contribution in [3.63, 3.8) is 0 Å². The lowest BCUT2D eigenvalue weighted by molar-refractivity contribution is -0.150. The van der Waals surface area contributed by atoms with E-state index < -0.39 is 23.9 Å². The van der Waals surface area contributed by atoms with E-state index in [9.17, 15) is 38.4 Å². The first-order valence-corrected chi connectivity index (χ1v) is 21.5. The zero-order chi connectivity index (χ0) is 43.4. The van der Waals surface area contributed by atoms with Gasteiger partial charge in [0.1, 0.15) is 39.6 Å². The summed E-state index contributed by atoms with van der Waals surface area (Å²) in [4.78, 5) is 100. The molecule has 0 bridgehead atoms. The molecular formula is C38H58N4O14S3. The number of hydrogen-bond donors (Lipinski definition) is 2. The van der Waals surface area contributed by atoms with Crippen LogP contribution in [0.3, 0.4) is 0 Å². The summed E-state index contributed by atoms with van der Waals surface area (Å²) in [5.74, 6) is -2.42. The van der Waals surface area contributed by atoms with Crippen molar-refractivity contribution in [1.29, 1.82) is 0 Å². The summed E-state index contributed by atoms with van der Waals surface area (Å²) >= 11 is 12.1. The molecule has 1 saturated heterocycles. The van der Waals surface area contributed by atoms with E-state index in [2.05, 4.69) is 10.6 Å². The number of thiocarbonyl (C=S) groups is 2. The molecule has 1 heterocycles. The highest BCUT2D eigenvalue weighted by Crippen LogP contribution is 2.28. The molecule has 2 aliphatic rings. The lowest BCUT2D eigenvalue weighted by Gasteiger charge is -2.22. The SMILES string of the molecule is CC(=O)OCCN(CCOC(=O)COCCNC(=O)CCCC(=O)NCCOCC(=O)OCCN(CCOC(C)=O)CC(=O)C1CCSC1=S)CC(=O)C1CCCC1=S. The minimum Gasteiger partial charge on any atom is -0.465 e. The van der Waals surface area contributed by atoms with Crippen LogP contribution in [0.4, 0.5) is 0 Å². The summed E-state index contributed by atoms with van der Waals surface area (Å²) in [5.41, 5.74) is 0. The maximum atomic E-state index is 12.7. The van der Waals surface area contributed by atoms with Gasteiger partial charge in [-0.05, 0) is 37.9 Å². The summed E-state index contributed by atoms with van der Waals surface area (Å²) in [6, 6.07) is 0. The van der Waals surface area contributed by atoms with Gasteiger partial charge in [0, 0.05) is 70.8 Å². The van der Waals surface area contributed by atoms with Crippen molar-refractivity contribution in [3.8, 4) is 0 Å². The minimum absolute atomic E-state index is 0.000290.